The van der Waals surface area contributed by atoms with E-state index in [0.717, 1.165) is 5.56 Å². The van der Waals surface area contributed by atoms with Gasteiger partial charge in [-0.15, -0.1) is 6.58 Å². The molecule has 1 aromatic rings. The summed E-state index contributed by atoms with van der Waals surface area (Å²) in [6.45, 7) is 4.36. The molecule has 2 aliphatic heterocycles. The Labute approximate surface area is 124 Å². The second-order valence-electron chi connectivity index (χ2n) is 5.21. The minimum atomic E-state index is -0.631. The molecule has 3 rings (SSSR count). The van der Waals surface area contributed by atoms with Gasteiger partial charge < -0.3 is 24.1 Å². The molecular formula is C16H20O5. The standard InChI is InChI=1S/C16H20O5/c1-2-8-18-14-9-12(17)15-13(20-14)10-19-16(21-15)11-6-4-3-5-7-11/h2-7,12-17H,1,8-10H2. The maximum absolute atomic E-state index is 10.3. The summed E-state index contributed by atoms with van der Waals surface area (Å²) in [6.07, 6.45) is -0.210. The van der Waals surface area contributed by atoms with E-state index in [-0.39, 0.29) is 6.10 Å². The molecule has 2 saturated heterocycles. The lowest BCUT2D eigenvalue weighted by Crippen LogP contribution is -2.55. The lowest BCUT2D eigenvalue weighted by atomic mass is 10.0. The van der Waals surface area contributed by atoms with E-state index in [1.807, 2.05) is 30.3 Å². The Kier molecular flexibility index (Phi) is 4.67. The van der Waals surface area contributed by atoms with Gasteiger partial charge in [-0.05, 0) is 0 Å². The number of hydrogen-bond donors (Lipinski definition) is 1. The third-order valence-corrected chi connectivity index (χ3v) is 3.67. The molecule has 1 aromatic carbocycles. The van der Waals surface area contributed by atoms with Crippen LogP contribution in [0.2, 0.25) is 0 Å². The summed E-state index contributed by atoms with van der Waals surface area (Å²) in [6, 6.07) is 9.69. The number of aliphatic hydroxyl groups excluding tert-OH is 1. The fourth-order valence-electron chi connectivity index (χ4n) is 2.65. The lowest BCUT2D eigenvalue weighted by molar-refractivity contribution is -0.336. The van der Waals surface area contributed by atoms with Crippen molar-refractivity contribution in [2.45, 2.75) is 37.3 Å². The van der Waals surface area contributed by atoms with Crippen LogP contribution in [-0.2, 0) is 18.9 Å². The van der Waals surface area contributed by atoms with Gasteiger partial charge in [-0.2, -0.15) is 0 Å². The summed E-state index contributed by atoms with van der Waals surface area (Å²) in [7, 11) is 0. The largest absolute Gasteiger partial charge is 0.390 e. The van der Waals surface area contributed by atoms with Crippen LogP contribution in [0.3, 0.4) is 0 Å². The molecule has 0 amide bonds. The molecule has 0 aromatic heterocycles. The second-order valence-corrected chi connectivity index (χ2v) is 5.21. The third-order valence-electron chi connectivity index (χ3n) is 3.67. The first-order chi connectivity index (χ1) is 10.3. The highest BCUT2D eigenvalue weighted by Crippen LogP contribution is 2.33. The van der Waals surface area contributed by atoms with Crippen molar-refractivity contribution in [3.8, 4) is 0 Å². The van der Waals surface area contributed by atoms with Crippen LogP contribution in [0.5, 0.6) is 0 Å². The summed E-state index contributed by atoms with van der Waals surface area (Å²) in [4.78, 5) is 0. The van der Waals surface area contributed by atoms with Crippen molar-refractivity contribution >= 4 is 0 Å². The Balaban J connectivity index is 1.63. The fraction of sp³-hybridized carbons (Fsp3) is 0.500. The molecule has 5 atom stereocenters. The van der Waals surface area contributed by atoms with Crippen LogP contribution in [0.4, 0.5) is 0 Å². The zero-order chi connectivity index (χ0) is 14.7. The van der Waals surface area contributed by atoms with Gasteiger partial charge in [-0.25, -0.2) is 0 Å². The van der Waals surface area contributed by atoms with E-state index in [1.165, 1.54) is 0 Å². The first kappa shape index (κ1) is 14.7. The van der Waals surface area contributed by atoms with Crippen molar-refractivity contribution < 1.29 is 24.1 Å². The monoisotopic (exact) mass is 292 g/mol. The Morgan fingerprint density at radius 2 is 2.10 bits per heavy atom. The molecule has 5 nitrogen and oxygen atoms in total. The molecule has 0 radical (unpaired) electrons. The molecular weight excluding hydrogens is 272 g/mol. The van der Waals surface area contributed by atoms with Crippen molar-refractivity contribution in [1.82, 2.24) is 0 Å². The van der Waals surface area contributed by atoms with Crippen molar-refractivity contribution in [3.05, 3.63) is 48.6 Å². The molecule has 2 heterocycles. The fourth-order valence-corrected chi connectivity index (χ4v) is 2.65. The third kappa shape index (κ3) is 3.33. The van der Waals surface area contributed by atoms with Gasteiger partial charge in [0.05, 0.1) is 19.3 Å². The van der Waals surface area contributed by atoms with Crippen molar-refractivity contribution in [1.29, 1.82) is 0 Å². The number of ether oxygens (including phenoxy) is 4. The molecule has 2 aliphatic rings. The first-order valence-electron chi connectivity index (χ1n) is 7.16. The molecule has 5 unspecified atom stereocenters. The van der Waals surface area contributed by atoms with E-state index in [4.69, 9.17) is 18.9 Å². The summed E-state index contributed by atoms with van der Waals surface area (Å²) in [5.74, 6) is 0. The Morgan fingerprint density at radius 3 is 2.86 bits per heavy atom. The van der Waals surface area contributed by atoms with E-state index < -0.39 is 24.8 Å². The average Bonchev–Trinajstić information content (AvgIpc) is 2.53. The van der Waals surface area contributed by atoms with Crippen molar-refractivity contribution in [3.63, 3.8) is 0 Å². The summed E-state index contributed by atoms with van der Waals surface area (Å²) < 4.78 is 22.8. The molecule has 0 spiro atoms. The first-order valence-corrected chi connectivity index (χ1v) is 7.16. The predicted molar refractivity (Wildman–Crippen MR) is 75.4 cm³/mol. The second kappa shape index (κ2) is 6.68. The van der Waals surface area contributed by atoms with Gasteiger partial charge in [0, 0.05) is 12.0 Å². The highest BCUT2D eigenvalue weighted by molar-refractivity contribution is 5.16. The van der Waals surface area contributed by atoms with Gasteiger partial charge >= 0.3 is 0 Å². The van der Waals surface area contributed by atoms with Gasteiger partial charge in [0.15, 0.2) is 12.6 Å². The molecule has 0 saturated carbocycles. The number of aliphatic hydroxyl groups is 1. The zero-order valence-corrected chi connectivity index (χ0v) is 11.8. The topological polar surface area (TPSA) is 57.2 Å². The van der Waals surface area contributed by atoms with E-state index in [9.17, 15) is 5.11 Å². The van der Waals surface area contributed by atoms with Gasteiger partial charge in [0.2, 0.25) is 0 Å². The number of benzene rings is 1. The van der Waals surface area contributed by atoms with Crippen LogP contribution in [0, 0.1) is 0 Å². The van der Waals surface area contributed by atoms with E-state index in [2.05, 4.69) is 6.58 Å². The highest BCUT2D eigenvalue weighted by atomic mass is 16.7. The summed E-state index contributed by atoms with van der Waals surface area (Å²) in [5.41, 5.74) is 0.938. The van der Waals surface area contributed by atoms with Gasteiger partial charge in [-0.1, -0.05) is 36.4 Å². The predicted octanol–water partition coefficient (Wildman–Crippen LogP) is 1.78. The molecule has 0 bridgehead atoms. The van der Waals surface area contributed by atoms with Crippen molar-refractivity contribution in [2.75, 3.05) is 13.2 Å². The van der Waals surface area contributed by atoms with E-state index >= 15 is 0 Å². The molecule has 5 heteroatoms. The van der Waals surface area contributed by atoms with E-state index in [1.54, 1.807) is 6.08 Å². The van der Waals surface area contributed by atoms with Gasteiger partial charge in [0.25, 0.3) is 0 Å². The minimum absolute atomic E-state index is 0.316. The molecule has 0 aliphatic carbocycles. The normalized spacial score (nSPS) is 36.0. The molecule has 1 N–H and O–H groups in total. The summed E-state index contributed by atoms with van der Waals surface area (Å²) >= 11 is 0. The smallest absolute Gasteiger partial charge is 0.184 e. The lowest BCUT2D eigenvalue weighted by Gasteiger charge is -2.44. The average molecular weight is 292 g/mol. The maximum Gasteiger partial charge on any atom is 0.184 e. The Hall–Kier alpha value is -1.24. The highest BCUT2D eigenvalue weighted by Gasteiger charge is 2.44. The van der Waals surface area contributed by atoms with Crippen LogP contribution >= 0.6 is 0 Å². The van der Waals surface area contributed by atoms with Crippen LogP contribution in [0.1, 0.15) is 18.3 Å². The van der Waals surface area contributed by atoms with Gasteiger partial charge in [-0.3, -0.25) is 0 Å². The number of hydrogen-bond acceptors (Lipinski definition) is 5. The van der Waals surface area contributed by atoms with Crippen LogP contribution in [-0.4, -0.2) is 42.9 Å². The number of fused-ring (bicyclic) bond motifs is 1. The van der Waals surface area contributed by atoms with Crippen LogP contribution < -0.4 is 0 Å². The molecule has 114 valence electrons. The van der Waals surface area contributed by atoms with Gasteiger partial charge in [0.1, 0.15) is 12.2 Å². The minimum Gasteiger partial charge on any atom is -0.390 e. The van der Waals surface area contributed by atoms with Crippen LogP contribution in [0.15, 0.2) is 43.0 Å². The summed E-state index contributed by atoms with van der Waals surface area (Å²) in [5, 5.41) is 10.3. The molecule has 21 heavy (non-hydrogen) atoms. The number of rotatable bonds is 4. The SMILES string of the molecule is C=CCOC1CC(O)C2OC(c3ccccc3)OCC2O1. The maximum atomic E-state index is 10.3. The van der Waals surface area contributed by atoms with Crippen molar-refractivity contribution in [2.24, 2.45) is 0 Å². The van der Waals surface area contributed by atoms with E-state index in [0.29, 0.717) is 19.6 Å². The quantitative estimate of drug-likeness (QED) is 0.857. The molecule has 2 fully saturated rings. The zero-order valence-electron chi connectivity index (χ0n) is 11.8. The van der Waals surface area contributed by atoms with Crippen LogP contribution in [0.25, 0.3) is 0 Å². The Bertz CT molecular complexity index is 463. The Morgan fingerprint density at radius 1 is 1.29 bits per heavy atom.